The summed E-state index contributed by atoms with van der Waals surface area (Å²) in [5.41, 5.74) is 2.32. The van der Waals surface area contributed by atoms with Gasteiger partial charge in [0.2, 0.25) is 0 Å². The van der Waals surface area contributed by atoms with Gasteiger partial charge in [-0.15, -0.1) is 0 Å². The Morgan fingerprint density at radius 2 is 1.76 bits per heavy atom. The summed E-state index contributed by atoms with van der Waals surface area (Å²) < 4.78 is 0. The number of rotatable bonds is 4. The van der Waals surface area contributed by atoms with Gasteiger partial charge in [0.25, 0.3) is 0 Å². The fraction of sp³-hybridized carbons (Fsp3) is 0.286. The highest BCUT2D eigenvalue weighted by Gasteiger charge is 2.03. The number of anilines is 1. The Balaban J connectivity index is 3.00. The Hall–Kier alpha value is -2.26. The van der Waals surface area contributed by atoms with Crippen molar-refractivity contribution >= 4 is 11.3 Å². The number of hydrogen-bond acceptors (Lipinski definition) is 3. The maximum Gasteiger partial charge on any atom is 0.101 e. The van der Waals surface area contributed by atoms with Crippen molar-refractivity contribution in [3.8, 4) is 12.1 Å². The maximum atomic E-state index is 8.90. The molecule has 0 saturated carbocycles. The first-order valence-corrected chi connectivity index (χ1v) is 5.62. The number of nitriles is 2. The van der Waals surface area contributed by atoms with Gasteiger partial charge in [-0.05, 0) is 31.5 Å². The van der Waals surface area contributed by atoms with E-state index in [9.17, 15) is 0 Å². The monoisotopic (exact) mass is 225 g/mol. The van der Waals surface area contributed by atoms with Gasteiger partial charge in [0, 0.05) is 24.9 Å². The van der Waals surface area contributed by atoms with Crippen LogP contribution in [-0.4, -0.2) is 13.1 Å². The van der Waals surface area contributed by atoms with E-state index in [1.165, 1.54) is 6.08 Å². The highest BCUT2D eigenvalue weighted by molar-refractivity contribution is 5.78. The second kappa shape index (κ2) is 6.35. The quantitative estimate of drug-likeness (QED) is 0.740. The van der Waals surface area contributed by atoms with E-state index in [0.29, 0.717) is 5.57 Å². The lowest BCUT2D eigenvalue weighted by atomic mass is 10.1. The summed E-state index contributed by atoms with van der Waals surface area (Å²) in [6, 6.07) is 11.6. The van der Waals surface area contributed by atoms with Crippen molar-refractivity contribution in [2.75, 3.05) is 18.0 Å². The minimum Gasteiger partial charge on any atom is -0.372 e. The molecule has 0 saturated heterocycles. The second-order valence-corrected chi connectivity index (χ2v) is 3.52. The SMILES string of the molecule is CCN(CC)c1ccc(C(C#N)=CC#N)cc1. The van der Waals surface area contributed by atoms with E-state index in [-0.39, 0.29) is 0 Å². The molecule has 0 aliphatic heterocycles. The lowest BCUT2D eigenvalue weighted by molar-refractivity contribution is 0.866. The standard InChI is InChI=1S/C14H15N3/c1-3-17(4-2)14-7-5-12(6-8-14)13(11-16)9-10-15/h5-9H,3-4H2,1-2H3. The highest BCUT2D eigenvalue weighted by Crippen LogP contribution is 2.19. The predicted molar refractivity (Wildman–Crippen MR) is 69.2 cm³/mol. The van der Waals surface area contributed by atoms with Crippen molar-refractivity contribution in [1.29, 1.82) is 10.5 Å². The van der Waals surface area contributed by atoms with E-state index in [4.69, 9.17) is 10.5 Å². The zero-order valence-corrected chi connectivity index (χ0v) is 10.1. The van der Waals surface area contributed by atoms with Crippen LogP contribution in [0.2, 0.25) is 0 Å². The third-order valence-corrected chi connectivity index (χ3v) is 2.64. The minimum absolute atomic E-state index is 0.401. The first-order valence-electron chi connectivity index (χ1n) is 5.62. The van der Waals surface area contributed by atoms with Crippen molar-refractivity contribution in [3.05, 3.63) is 35.9 Å². The van der Waals surface area contributed by atoms with Gasteiger partial charge in [0.1, 0.15) is 6.07 Å². The minimum atomic E-state index is 0.401. The van der Waals surface area contributed by atoms with Crippen LogP contribution in [0.4, 0.5) is 5.69 Å². The van der Waals surface area contributed by atoms with Crippen LogP contribution < -0.4 is 4.90 Å². The van der Waals surface area contributed by atoms with E-state index in [2.05, 4.69) is 18.7 Å². The largest absolute Gasteiger partial charge is 0.372 e. The summed E-state index contributed by atoms with van der Waals surface area (Å²) in [7, 11) is 0. The molecule has 0 spiro atoms. The summed E-state index contributed by atoms with van der Waals surface area (Å²) in [6.07, 6.45) is 1.27. The second-order valence-electron chi connectivity index (χ2n) is 3.52. The Morgan fingerprint density at radius 3 is 2.18 bits per heavy atom. The first kappa shape index (κ1) is 12.8. The predicted octanol–water partition coefficient (Wildman–Crippen LogP) is 2.96. The number of hydrogen-bond donors (Lipinski definition) is 0. The van der Waals surface area contributed by atoms with Gasteiger partial charge in [0.15, 0.2) is 0 Å². The van der Waals surface area contributed by atoms with E-state index < -0.39 is 0 Å². The number of nitrogens with zero attached hydrogens (tertiary/aromatic N) is 3. The lowest BCUT2D eigenvalue weighted by Gasteiger charge is -2.21. The van der Waals surface area contributed by atoms with Crippen molar-refractivity contribution in [2.45, 2.75) is 13.8 Å². The summed E-state index contributed by atoms with van der Waals surface area (Å²) in [5, 5.41) is 17.5. The van der Waals surface area contributed by atoms with Gasteiger partial charge < -0.3 is 4.90 Å². The number of allylic oxidation sites excluding steroid dienone is 2. The molecule has 3 nitrogen and oxygen atoms in total. The third kappa shape index (κ3) is 3.09. The molecule has 0 aliphatic carbocycles. The normalized spacial score (nSPS) is 10.5. The Kier molecular flexibility index (Phi) is 4.78. The number of benzene rings is 1. The van der Waals surface area contributed by atoms with Crippen molar-refractivity contribution in [3.63, 3.8) is 0 Å². The van der Waals surface area contributed by atoms with Crippen molar-refractivity contribution < 1.29 is 0 Å². The van der Waals surface area contributed by atoms with Crippen LogP contribution in [0.25, 0.3) is 5.57 Å². The van der Waals surface area contributed by atoms with Gasteiger partial charge >= 0.3 is 0 Å². The molecule has 0 N–H and O–H groups in total. The van der Waals surface area contributed by atoms with Gasteiger partial charge in [0.05, 0.1) is 11.6 Å². The van der Waals surface area contributed by atoms with Crippen LogP contribution in [0.5, 0.6) is 0 Å². The molecule has 17 heavy (non-hydrogen) atoms. The summed E-state index contributed by atoms with van der Waals surface area (Å²) in [5.74, 6) is 0. The molecular weight excluding hydrogens is 210 g/mol. The molecule has 0 heterocycles. The molecule has 1 aromatic carbocycles. The molecule has 1 aromatic rings. The van der Waals surface area contributed by atoms with E-state index in [0.717, 1.165) is 24.3 Å². The third-order valence-electron chi connectivity index (χ3n) is 2.64. The van der Waals surface area contributed by atoms with Crippen LogP contribution in [0.3, 0.4) is 0 Å². The van der Waals surface area contributed by atoms with Gasteiger partial charge in [-0.25, -0.2) is 0 Å². The van der Waals surface area contributed by atoms with E-state index in [1.54, 1.807) is 0 Å². The molecule has 0 amide bonds. The summed E-state index contributed by atoms with van der Waals surface area (Å²) in [6.45, 7) is 6.12. The van der Waals surface area contributed by atoms with Crippen molar-refractivity contribution in [1.82, 2.24) is 0 Å². The van der Waals surface area contributed by atoms with Gasteiger partial charge in [-0.2, -0.15) is 10.5 Å². The van der Waals surface area contributed by atoms with Gasteiger partial charge in [-0.1, -0.05) is 12.1 Å². The Morgan fingerprint density at radius 1 is 1.18 bits per heavy atom. The van der Waals surface area contributed by atoms with Crippen LogP contribution in [0, 0.1) is 22.7 Å². The van der Waals surface area contributed by atoms with Crippen LogP contribution in [0.15, 0.2) is 30.3 Å². The molecule has 0 unspecified atom stereocenters. The molecule has 0 atom stereocenters. The summed E-state index contributed by atoms with van der Waals surface area (Å²) >= 11 is 0. The molecule has 0 fully saturated rings. The molecule has 0 bridgehead atoms. The van der Waals surface area contributed by atoms with Crippen molar-refractivity contribution in [2.24, 2.45) is 0 Å². The smallest absolute Gasteiger partial charge is 0.101 e. The average Bonchev–Trinajstić information content (AvgIpc) is 2.38. The molecule has 0 radical (unpaired) electrons. The summed E-state index contributed by atoms with van der Waals surface area (Å²) in [4.78, 5) is 2.23. The fourth-order valence-electron chi connectivity index (χ4n) is 1.69. The zero-order chi connectivity index (χ0) is 12.7. The zero-order valence-electron chi connectivity index (χ0n) is 10.1. The topological polar surface area (TPSA) is 50.8 Å². The van der Waals surface area contributed by atoms with Crippen LogP contribution >= 0.6 is 0 Å². The van der Waals surface area contributed by atoms with Crippen LogP contribution in [-0.2, 0) is 0 Å². The maximum absolute atomic E-state index is 8.90. The van der Waals surface area contributed by atoms with E-state index in [1.807, 2.05) is 36.4 Å². The highest BCUT2D eigenvalue weighted by atomic mass is 15.1. The van der Waals surface area contributed by atoms with E-state index >= 15 is 0 Å². The molecule has 3 heteroatoms. The fourth-order valence-corrected chi connectivity index (χ4v) is 1.69. The molecule has 86 valence electrons. The first-order chi connectivity index (χ1) is 8.26. The van der Waals surface area contributed by atoms with Gasteiger partial charge in [-0.3, -0.25) is 0 Å². The Bertz CT molecular complexity index is 468. The average molecular weight is 225 g/mol. The molecular formula is C14H15N3. The molecule has 0 aromatic heterocycles. The molecule has 1 rings (SSSR count). The Labute approximate surface area is 102 Å². The molecule has 0 aliphatic rings. The lowest BCUT2D eigenvalue weighted by Crippen LogP contribution is -2.21. The van der Waals surface area contributed by atoms with Crippen LogP contribution in [0.1, 0.15) is 19.4 Å².